The molecule has 0 aliphatic rings. The molecule has 0 fully saturated rings. The average Bonchev–Trinajstić information content (AvgIpc) is 2.42. The Bertz CT molecular complexity index is 544. The summed E-state index contributed by atoms with van der Waals surface area (Å²) >= 11 is 0. The van der Waals surface area contributed by atoms with Crippen molar-refractivity contribution in [1.82, 2.24) is 0 Å². The number of ether oxygens (including phenoxy) is 1. The summed E-state index contributed by atoms with van der Waals surface area (Å²) in [7, 11) is 0. The van der Waals surface area contributed by atoms with E-state index in [1.807, 2.05) is 12.1 Å². The van der Waals surface area contributed by atoms with Crippen molar-refractivity contribution < 1.29 is 13.9 Å². The Morgan fingerprint density at radius 3 is 2.05 bits per heavy atom. The molecule has 2 nitrogen and oxygen atoms in total. The monoisotopic (exact) mass is 258 g/mol. The molecule has 0 aromatic heterocycles. The van der Waals surface area contributed by atoms with Gasteiger partial charge in [0.25, 0.3) is 0 Å². The van der Waals surface area contributed by atoms with Gasteiger partial charge in [0.1, 0.15) is 5.82 Å². The molecule has 3 heteroatoms. The van der Waals surface area contributed by atoms with Crippen molar-refractivity contribution in [1.29, 1.82) is 0 Å². The highest BCUT2D eigenvalue weighted by Crippen LogP contribution is 2.12. The van der Waals surface area contributed by atoms with Gasteiger partial charge in [0.05, 0.1) is 12.2 Å². The number of hydrogen-bond acceptors (Lipinski definition) is 2. The van der Waals surface area contributed by atoms with Crippen molar-refractivity contribution in [2.24, 2.45) is 0 Å². The van der Waals surface area contributed by atoms with E-state index in [2.05, 4.69) is 0 Å². The molecule has 0 bridgehead atoms. The van der Waals surface area contributed by atoms with Crippen LogP contribution >= 0.6 is 0 Å². The Balaban J connectivity index is 2.06. The van der Waals surface area contributed by atoms with Gasteiger partial charge in [-0.3, -0.25) is 0 Å². The van der Waals surface area contributed by atoms with E-state index >= 15 is 0 Å². The normalized spacial score (nSPS) is 10.2. The first-order valence-corrected chi connectivity index (χ1v) is 6.19. The second-order valence-corrected chi connectivity index (χ2v) is 4.22. The molecule has 19 heavy (non-hydrogen) atoms. The molecule has 98 valence electrons. The molecule has 0 aliphatic carbocycles. The highest BCUT2D eigenvalue weighted by atomic mass is 19.1. The van der Waals surface area contributed by atoms with Crippen LogP contribution in [-0.4, -0.2) is 12.6 Å². The Kier molecular flexibility index (Phi) is 4.29. The van der Waals surface area contributed by atoms with Crippen LogP contribution in [0, 0.1) is 5.82 Å². The number of carbonyl (C=O) groups is 1. The van der Waals surface area contributed by atoms with Crippen molar-refractivity contribution in [3.05, 3.63) is 71.0 Å². The molecule has 0 aliphatic heterocycles. The summed E-state index contributed by atoms with van der Waals surface area (Å²) in [5, 5.41) is 0. The first-order chi connectivity index (χ1) is 9.19. The van der Waals surface area contributed by atoms with E-state index in [0.29, 0.717) is 18.6 Å². The minimum atomic E-state index is -0.309. The number of benzene rings is 2. The maximum Gasteiger partial charge on any atom is 0.338 e. The Labute approximate surface area is 111 Å². The second kappa shape index (κ2) is 6.14. The minimum absolute atomic E-state index is 0.235. The first kappa shape index (κ1) is 13.3. The van der Waals surface area contributed by atoms with Crippen molar-refractivity contribution in [2.45, 2.75) is 13.3 Å². The lowest BCUT2D eigenvalue weighted by molar-refractivity contribution is 0.0526. The highest BCUT2D eigenvalue weighted by molar-refractivity contribution is 5.89. The predicted molar refractivity (Wildman–Crippen MR) is 71.6 cm³/mol. The van der Waals surface area contributed by atoms with E-state index in [1.54, 1.807) is 31.2 Å². The summed E-state index contributed by atoms with van der Waals surface area (Å²) in [6, 6.07) is 13.7. The van der Waals surface area contributed by atoms with Crippen LogP contribution in [0.1, 0.15) is 28.4 Å². The number of halogens is 1. The van der Waals surface area contributed by atoms with Crippen LogP contribution in [-0.2, 0) is 11.2 Å². The molecule has 0 saturated carbocycles. The third-order valence-electron chi connectivity index (χ3n) is 2.79. The third-order valence-corrected chi connectivity index (χ3v) is 2.79. The van der Waals surface area contributed by atoms with Gasteiger partial charge in [-0.1, -0.05) is 24.3 Å². The fourth-order valence-corrected chi connectivity index (χ4v) is 1.81. The highest BCUT2D eigenvalue weighted by Gasteiger charge is 2.05. The molecular weight excluding hydrogens is 243 g/mol. The zero-order chi connectivity index (χ0) is 13.7. The molecule has 0 radical (unpaired) electrons. The van der Waals surface area contributed by atoms with Gasteiger partial charge in [-0.05, 0) is 48.7 Å². The van der Waals surface area contributed by atoms with Gasteiger partial charge in [-0.2, -0.15) is 0 Å². The van der Waals surface area contributed by atoms with E-state index < -0.39 is 0 Å². The van der Waals surface area contributed by atoms with Crippen LogP contribution in [0.2, 0.25) is 0 Å². The number of hydrogen-bond donors (Lipinski definition) is 0. The molecule has 2 aromatic rings. The molecular formula is C16H15FO2. The molecule has 2 aromatic carbocycles. The summed E-state index contributed by atoms with van der Waals surface area (Å²) in [5.41, 5.74) is 2.65. The summed E-state index contributed by atoms with van der Waals surface area (Å²) < 4.78 is 17.7. The number of carbonyl (C=O) groups excluding carboxylic acids is 1. The van der Waals surface area contributed by atoms with E-state index in [0.717, 1.165) is 11.1 Å². The lowest BCUT2D eigenvalue weighted by Crippen LogP contribution is -2.04. The van der Waals surface area contributed by atoms with E-state index in [4.69, 9.17) is 4.74 Å². The van der Waals surface area contributed by atoms with Crippen molar-refractivity contribution in [3.63, 3.8) is 0 Å². The predicted octanol–water partition coefficient (Wildman–Crippen LogP) is 3.59. The van der Waals surface area contributed by atoms with Gasteiger partial charge in [0, 0.05) is 0 Å². The van der Waals surface area contributed by atoms with Gasteiger partial charge < -0.3 is 4.74 Å². The number of rotatable bonds is 4. The van der Waals surface area contributed by atoms with E-state index in [-0.39, 0.29) is 11.8 Å². The maximum atomic E-state index is 12.8. The molecule has 0 N–H and O–H groups in total. The van der Waals surface area contributed by atoms with Crippen LogP contribution in [0.25, 0.3) is 0 Å². The molecule has 0 atom stereocenters. The van der Waals surface area contributed by atoms with Crippen LogP contribution < -0.4 is 0 Å². The Hall–Kier alpha value is -2.16. The molecule has 0 unspecified atom stereocenters. The molecule has 0 amide bonds. The molecule has 0 saturated heterocycles. The second-order valence-electron chi connectivity index (χ2n) is 4.22. The summed E-state index contributed by atoms with van der Waals surface area (Å²) in [6.07, 6.45) is 0.712. The molecule has 2 rings (SSSR count). The molecule has 0 heterocycles. The zero-order valence-electron chi connectivity index (χ0n) is 10.7. The van der Waals surface area contributed by atoms with Gasteiger partial charge in [0.15, 0.2) is 0 Å². The van der Waals surface area contributed by atoms with Crippen molar-refractivity contribution in [3.8, 4) is 0 Å². The topological polar surface area (TPSA) is 26.3 Å². The summed E-state index contributed by atoms with van der Waals surface area (Å²) in [6.45, 7) is 2.15. The lowest BCUT2D eigenvalue weighted by atomic mass is 10.0. The third kappa shape index (κ3) is 3.65. The maximum absolute atomic E-state index is 12.8. The van der Waals surface area contributed by atoms with Crippen LogP contribution in [0.3, 0.4) is 0 Å². The lowest BCUT2D eigenvalue weighted by Gasteiger charge is -2.04. The average molecular weight is 258 g/mol. The van der Waals surface area contributed by atoms with E-state index in [1.165, 1.54) is 12.1 Å². The Morgan fingerprint density at radius 2 is 1.53 bits per heavy atom. The van der Waals surface area contributed by atoms with Crippen molar-refractivity contribution >= 4 is 5.97 Å². The van der Waals surface area contributed by atoms with Gasteiger partial charge in [-0.25, -0.2) is 9.18 Å². The van der Waals surface area contributed by atoms with Gasteiger partial charge in [0.2, 0.25) is 0 Å². The van der Waals surface area contributed by atoms with Crippen LogP contribution in [0.5, 0.6) is 0 Å². The van der Waals surface area contributed by atoms with Crippen molar-refractivity contribution in [2.75, 3.05) is 6.61 Å². The summed E-state index contributed by atoms with van der Waals surface area (Å²) in [5.74, 6) is -0.544. The smallest absolute Gasteiger partial charge is 0.338 e. The largest absolute Gasteiger partial charge is 0.462 e. The standard InChI is InChI=1S/C16H15FO2/c1-2-19-16(18)14-7-3-12(4-8-14)11-13-5-9-15(17)10-6-13/h3-10H,2,11H2,1H3. The first-order valence-electron chi connectivity index (χ1n) is 6.19. The van der Waals surface area contributed by atoms with E-state index in [9.17, 15) is 9.18 Å². The van der Waals surface area contributed by atoms with Gasteiger partial charge >= 0.3 is 5.97 Å². The minimum Gasteiger partial charge on any atom is -0.462 e. The zero-order valence-corrected chi connectivity index (χ0v) is 10.7. The summed E-state index contributed by atoms with van der Waals surface area (Å²) in [4.78, 5) is 11.5. The van der Waals surface area contributed by atoms with Gasteiger partial charge in [-0.15, -0.1) is 0 Å². The van der Waals surface area contributed by atoms with Crippen LogP contribution in [0.4, 0.5) is 4.39 Å². The van der Waals surface area contributed by atoms with Crippen LogP contribution in [0.15, 0.2) is 48.5 Å². The fourth-order valence-electron chi connectivity index (χ4n) is 1.81. The Morgan fingerprint density at radius 1 is 1.00 bits per heavy atom. The fraction of sp³-hybridized carbons (Fsp3) is 0.188. The number of esters is 1. The quantitative estimate of drug-likeness (QED) is 0.783. The SMILES string of the molecule is CCOC(=O)c1ccc(Cc2ccc(F)cc2)cc1. The molecule has 0 spiro atoms.